The maximum atomic E-state index is 14.9. The molecule has 3 saturated carbocycles. The normalized spacial score (nSPS) is 24.6. The van der Waals surface area contributed by atoms with Gasteiger partial charge in [-0.3, -0.25) is 19.8 Å². The first-order chi connectivity index (χ1) is 33.7. The van der Waals surface area contributed by atoms with Gasteiger partial charge < -0.3 is 34.5 Å². The smallest absolute Gasteiger partial charge is 0.297 e. The second-order valence-electron chi connectivity index (χ2n) is 20.8. The van der Waals surface area contributed by atoms with E-state index in [4.69, 9.17) is 14.2 Å². The van der Waals surface area contributed by atoms with Gasteiger partial charge in [-0.2, -0.15) is 4.98 Å². The van der Waals surface area contributed by atoms with E-state index in [1.165, 1.54) is 55.6 Å². The third-order valence-corrected chi connectivity index (χ3v) is 17.4. The standard InChI is InChI=1S/C52H60FN7O9S/c1-3-67-50-46(26-39-40(53)29-54-48(39)56-50)69-44-23-33(58-21-18-52(19-22-58)27-34(28-52)59-20-6-9-42(59)37-8-5-4-7-36(37)31-10-11-31)12-13-38(44)49(61)57-70(65,66)35-24-43(60(63)64)47-45(25-35)68-30-41(55-47)32-14-16-51(2,62)17-15-32/h4-5,7-8,12-13,23-26,29,31-32,34,41-42,55,62H,3,6,9-11,14-22,27-28,30H2,1-2H3,(H,54,56)(H,57,61)/t32-,41-,42+,51-/m1/s1. The number of benzene rings is 3. The molecule has 4 N–H and O–H groups in total. The van der Waals surface area contributed by atoms with Crippen molar-refractivity contribution >= 4 is 44.0 Å². The predicted octanol–water partition coefficient (Wildman–Crippen LogP) is 9.50. The number of piperidine rings is 1. The van der Waals surface area contributed by atoms with Gasteiger partial charge in [-0.1, -0.05) is 24.3 Å². The molecule has 6 aliphatic rings. The summed E-state index contributed by atoms with van der Waals surface area (Å²) in [7, 11) is -4.75. The van der Waals surface area contributed by atoms with Crippen LogP contribution in [0, 0.1) is 27.3 Å². The van der Waals surface area contributed by atoms with Crippen LogP contribution in [-0.4, -0.2) is 89.8 Å². The zero-order chi connectivity index (χ0) is 48.5. The quantitative estimate of drug-likeness (QED) is 0.0643. The fraction of sp³-hybridized carbons (Fsp3) is 0.500. The van der Waals surface area contributed by atoms with Crippen LogP contribution in [0.2, 0.25) is 0 Å². The molecular formula is C52H60FN7O9S. The fourth-order valence-corrected chi connectivity index (χ4v) is 13.0. The van der Waals surface area contributed by atoms with Crippen molar-refractivity contribution in [1.82, 2.24) is 19.6 Å². The summed E-state index contributed by atoms with van der Waals surface area (Å²) in [4.78, 5) is 37.7. The molecule has 2 atom stereocenters. The van der Waals surface area contributed by atoms with Gasteiger partial charge >= 0.3 is 0 Å². The van der Waals surface area contributed by atoms with Crippen molar-refractivity contribution in [2.45, 2.75) is 125 Å². The van der Waals surface area contributed by atoms with Crippen LogP contribution < -0.4 is 29.1 Å². The molecule has 2 saturated heterocycles. The molecule has 11 rings (SSSR count). The van der Waals surface area contributed by atoms with Crippen LogP contribution in [0.25, 0.3) is 11.0 Å². The lowest BCUT2D eigenvalue weighted by molar-refractivity contribution is -0.384. The number of aromatic nitrogens is 2. The topological polar surface area (TPSA) is 201 Å². The molecular weight excluding hydrogens is 918 g/mol. The Morgan fingerprint density at radius 1 is 1.00 bits per heavy atom. The number of carbonyl (C=O) groups excluding carboxylic acids is 1. The maximum Gasteiger partial charge on any atom is 0.297 e. The van der Waals surface area contributed by atoms with Gasteiger partial charge in [0.15, 0.2) is 17.2 Å². The van der Waals surface area contributed by atoms with Crippen LogP contribution in [-0.2, 0) is 10.0 Å². The monoisotopic (exact) mass is 977 g/mol. The summed E-state index contributed by atoms with van der Waals surface area (Å²) in [6, 6.07) is 18.3. The van der Waals surface area contributed by atoms with Gasteiger partial charge in [0.25, 0.3) is 27.5 Å². The molecule has 1 spiro atoms. The number of ether oxygens (including phenoxy) is 3. The Morgan fingerprint density at radius 3 is 2.49 bits per heavy atom. The Morgan fingerprint density at radius 2 is 1.76 bits per heavy atom. The fourth-order valence-electron chi connectivity index (χ4n) is 12.0. The summed E-state index contributed by atoms with van der Waals surface area (Å²) in [5.74, 6) is -0.864. The summed E-state index contributed by atoms with van der Waals surface area (Å²) < 4.78 is 63.4. The summed E-state index contributed by atoms with van der Waals surface area (Å²) in [6.07, 6.45) is 13.0. The van der Waals surface area contributed by atoms with Crippen molar-refractivity contribution in [2.24, 2.45) is 11.3 Å². The first-order valence-corrected chi connectivity index (χ1v) is 26.4. The van der Waals surface area contributed by atoms with E-state index < -0.39 is 42.9 Å². The number of nitro benzene ring substituents is 1. The lowest BCUT2D eigenvalue weighted by Gasteiger charge is -2.56. The number of hydrogen-bond acceptors (Lipinski definition) is 13. The first kappa shape index (κ1) is 46.4. The van der Waals surface area contributed by atoms with Crippen LogP contribution in [0.15, 0.2) is 71.8 Å². The minimum absolute atomic E-state index is 0.00635. The molecule has 5 fully saturated rings. The number of anilines is 2. The lowest BCUT2D eigenvalue weighted by atomic mass is 9.59. The molecule has 3 aliphatic carbocycles. The number of halogens is 1. The van der Waals surface area contributed by atoms with E-state index in [1.807, 2.05) is 0 Å². The van der Waals surface area contributed by atoms with E-state index in [1.54, 1.807) is 31.5 Å². The van der Waals surface area contributed by atoms with Crippen molar-refractivity contribution in [3.63, 3.8) is 0 Å². The number of H-pyrrole nitrogens is 1. The number of nitrogens with one attached hydrogen (secondary N) is 3. The van der Waals surface area contributed by atoms with Crippen molar-refractivity contribution in [3.05, 3.63) is 99.5 Å². The molecule has 0 radical (unpaired) electrons. The van der Waals surface area contributed by atoms with E-state index in [2.05, 4.69) is 54.1 Å². The predicted molar refractivity (Wildman–Crippen MR) is 261 cm³/mol. The highest BCUT2D eigenvalue weighted by atomic mass is 32.2. The highest BCUT2D eigenvalue weighted by Crippen LogP contribution is 2.55. The Hall–Kier alpha value is -5.98. The SMILES string of the molecule is CCOc1nc2[nH]cc(F)c2cc1Oc1cc(N2CCC3(CC2)CC(N2CCC[C@H]2c2ccccc2C2CC2)C3)ccc1C(=O)NS(=O)(=O)c1cc2c(c([N+](=O)[O-])c1)N[C@@H]([C@H]1CC[C@](C)(O)CC1)CO2. The van der Waals surface area contributed by atoms with Crippen molar-refractivity contribution in [3.8, 4) is 23.1 Å². The average Bonchev–Trinajstić information content (AvgIpc) is 3.97. The summed E-state index contributed by atoms with van der Waals surface area (Å²) >= 11 is 0. The third-order valence-electron chi connectivity index (χ3n) is 16.1. The van der Waals surface area contributed by atoms with E-state index in [-0.39, 0.29) is 76.0 Å². The molecule has 70 heavy (non-hydrogen) atoms. The van der Waals surface area contributed by atoms with Gasteiger partial charge in [0.05, 0.1) is 39.0 Å². The van der Waals surface area contributed by atoms with Crippen molar-refractivity contribution in [1.29, 1.82) is 0 Å². The Kier molecular flexibility index (Phi) is 11.9. The second-order valence-corrected chi connectivity index (χ2v) is 22.5. The molecule has 16 nitrogen and oxygen atoms in total. The Bertz CT molecular complexity index is 2950. The zero-order valence-electron chi connectivity index (χ0n) is 39.5. The number of amides is 1. The molecule has 5 aromatic rings. The van der Waals surface area contributed by atoms with Crippen LogP contribution in [0.1, 0.15) is 124 Å². The largest absolute Gasteiger partial charge is 0.489 e. The molecule has 0 unspecified atom stereocenters. The number of nitro groups is 1. The highest BCUT2D eigenvalue weighted by molar-refractivity contribution is 7.90. The van der Waals surface area contributed by atoms with E-state index in [0.29, 0.717) is 43.7 Å². The van der Waals surface area contributed by atoms with Gasteiger partial charge in [-0.15, -0.1) is 0 Å². The zero-order valence-corrected chi connectivity index (χ0v) is 40.4. The lowest BCUT2D eigenvalue weighted by Crippen LogP contribution is -2.54. The molecule has 18 heteroatoms. The Labute approximate surface area is 406 Å². The molecule has 3 aliphatic heterocycles. The molecule has 370 valence electrons. The highest BCUT2D eigenvalue weighted by Gasteiger charge is 2.50. The number of sulfonamides is 1. The minimum Gasteiger partial charge on any atom is -0.489 e. The summed E-state index contributed by atoms with van der Waals surface area (Å²) in [5.41, 5.74) is 2.91. The molecule has 2 aromatic heterocycles. The molecule has 5 heterocycles. The molecule has 0 bridgehead atoms. The molecule has 3 aromatic carbocycles. The van der Waals surface area contributed by atoms with Gasteiger partial charge in [-0.05, 0) is 138 Å². The minimum atomic E-state index is -4.75. The third kappa shape index (κ3) is 8.91. The number of aromatic amines is 1. The van der Waals surface area contributed by atoms with Crippen LogP contribution in [0.5, 0.6) is 23.1 Å². The van der Waals surface area contributed by atoms with Crippen LogP contribution in [0.4, 0.5) is 21.5 Å². The van der Waals surface area contributed by atoms with Crippen LogP contribution in [0.3, 0.4) is 0 Å². The maximum absolute atomic E-state index is 14.9. The van der Waals surface area contributed by atoms with E-state index >= 15 is 0 Å². The van der Waals surface area contributed by atoms with Crippen LogP contribution >= 0.6 is 0 Å². The number of nitrogens with zero attached hydrogens (tertiary/aromatic N) is 4. The number of fused-ring (bicyclic) bond motifs is 2. The van der Waals surface area contributed by atoms with Gasteiger partial charge in [-0.25, -0.2) is 17.5 Å². The number of carbonyl (C=O) groups is 1. The average molecular weight is 978 g/mol. The number of rotatable bonds is 13. The number of hydrogen-bond donors (Lipinski definition) is 4. The summed E-state index contributed by atoms with van der Waals surface area (Å²) in [6.45, 7) is 6.55. The molecule has 1 amide bonds. The van der Waals surface area contributed by atoms with E-state index in [9.17, 15) is 32.8 Å². The second kappa shape index (κ2) is 18.0. The van der Waals surface area contributed by atoms with E-state index in [0.717, 1.165) is 57.1 Å². The summed E-state index contributed by atoms with van der Waals surface area (Å²) in [5, 5.41) is 26.3. The number of pyridine rings is 1. The number of aliphatic hydroxyl groups is 1. The van der Waals surface area contributed by atoms with Gasteiger partial charge in [0.2, 0.25) is 0 Å². The first-order valence-electron chi connectivity index (χ1n) is 24.9. The van der Waals surface area contributed by atoms with Gasteiger partial charge in [0.1, 0.15) is 23.8 Å². The number of likely N-dealkylation sites (tertiary alicyclic amines) is 1. The van der Waals surface area contributed by atoms with Gasteiger partial charge in [0, 0.05) is 61.3 Å². The van der Waals surface area contributed by atoms with Crippen molar-refractivity contribution < 1.29 is 41.8 Å². The Balaban J connectivity index is 0.833. The van der Waals surface area contributed by atoms with Crippen molar-refractivity contribution in [2.75, 3.05) is 43.1 Å².